The molecule has 1 heterocycles. The molecule has 1 N–H and O–H groups in total. The third kappa shape index (κ3) is 5.95. The van der Waals surface area contributed by atoms with E-state index in [-0.39, 0.29) is 17.3 Å². The Hall–Kier alpha value is -1.59. The molecule has 0 aliphatic carbocycles. The van der Waals surface area contributed by atoms with Gasteiger partial charge in [0.1, 0.15) is 0 Å². The van der Waals surface area contributed by atoms with Crippen LogP contribution in [0.25, 0.3) is 0 Å². The van der Waals surface area contributed by atoms with Crippen LogP contribution in [-0.2, 0) is 14.8 Å². The second-order valence-corrected chi connectivity index (χ2v) is 10.2. The number of benzene rings is 2. The molecule has 3 rings (SSSR count). The predicted molar refractivity (Wildman–Crippen MR) is 119 cm³/mol. The summed E-state index contributed by atoms with van der Waals surface area (Å²) in [5.41, 5.74) is 3.37. The number of carbonyl (C=O) groups excluding carboxylic acids is 1. The van der Waals surface area contributed by atoms with E-state index >= 15 is 0 Å². The van der Waals surface area contributed by atoms with E-state index in [1.807, 2.05) is 29.2 Å². The van der Waals surface area contributed by atoms with Crippen LogP contribution in [0.4, 0.5) is 0 Å². The van der Waals surface area contributed by atoms with E-state index in [1.54, 1.807) is 30.5 Å². The molecule has 1 aliphatic rings. The zero-order valence-corrected chi connectivity index (χ0v) is 19.5. The Morgan fingerprint density at radius 3 is 2.34 bits per heavy atom. The molecule has 0 atom stereocenters. The highest BCUT2D eigenvalue weighted by Crippen LogP contribution is 2.20. The van der Waals surface area contributed by atoms with Crippen molar-refractivity contribution in [2.75, 3.05) is 32.7 Å². The predicted octanol–water partition coefficient (Wildman–Crippen LogP) is 2.67. The van der Waals surface area contributed by atoms with E-state index in [1.165, 1.54) is 4.31 Å². The maximum absolute atomic E-state index is 12.7. The van der Waals surface area contributed by atoms with E-state index in [9.17, 15) is 13.2 Å². The molecule has 7 nitrogen and oxygen atoms in total. The van der Waals surface area contributed by atoms with E-state index < -0.39 is 10.0 Å². The van der Waals surface area contributed by atoms with Crippen molar-refractivity contribution in [2.24, 2.45) is 5.10 Å². The topological polar surface area (TPSA) is 82.1 Å². The molecule has 1 aliphatic heterocycles. The third-order valence-electron chi connectivity index (χ3n) is 4.45. The normalized spacial score (nSPS) is 16.2. The summed E-state index contributed by atoms with van der Waals surface area (Å²) in [7, 11) is -3.52. The molecule has 0 aromatic heterocycles. The van der Waals surface area contributed by atoms with Crippen LogP contribution in [0.5, 0.6) is 0 Å². The lowest BCUT2D eigenvalue weighted by atomic mass is 10.2. The maximum atomic E-state index is 12.7. The van der Waals surface area contributed by atoms with E-state index in [4.69, 9.17) is 0 Å². The fourth-order valence-electron chi connectivity index (χ4n) is 2.88. The number of carbonyl (C=O) groups is 1. The quantitative estimate of drug-likeness (QED) is 0.448. The smallest absolute Gasteiger partial charge is 0.254 e. The Morgan fingerprint density at radius 2 is 1.69 bits per heavy atom. The van der Waals surface area contributed by atoms with Gasteiger partial charge in [-0.05, 0) is 30.3 Å². The summed E-state index contributed by atoms with van der Waals surface area (Å²) in [5, 5.41) is 3.98. The van der Waals surface area contributed by atoms with Crippen molar-refractivity contribution in [1.82, 2.24) is 14.6 Å². The van der Waals surface area contributed by atoms with Crippen LogP contribution in [0.3, 0.4) is 0 Å². The SMILES string of the molecule is O=C(CN1CCN(S(=O)(=O)c2ccc(Br)cc2)CC1)NN=Cc1ccccc1Br. The Bertz CT molecular complexity index is 989. The molecule has 29 heavy (non-hydrogen) atoms. The number of amides is 1. The third-order valence-corrected chi connectivity index (χ3v) is 7.61. The van der Waals surface area contributed by atoms with Gasteiger partial charge in [0.15, 0.2) is 0 Å². The van der Waals surface area contributed by atoms with Gasteiger partial charge in [0.25, 0.3) is 5.91 Å². The number of piperazine rings is 1. The highest BCUT2D eigenvalue weighted by atomic mass is 79.9. The minimum Gasteiger partial charge on any atom is -0.292 e. The minimum atomic E-state index is -3.52. The molecule has 1 fully saturated rings. The molecule has 0 radical (unpaired) electrons. The molecule has 1 amide bonds. The molecule has 0 unspecified atom stereocenters. The summed E-state index contributed by atoms with van der Waals surface area (Å²) < 4.78 is 28.6. The lowest BCUT2D eigenvalue weighted by Gasteiger charge is -2.33. The van der Waals surface area contributed by atoms with Crippen molar-refractivity contribution in [3.05, 3.63) is 63.0 Å². The number of sulfonamides is 1. The number of hydrogen-bond donors (Lipinski definition) is 1. The van der Waals surface area contributed by atoms with Gasteiger partial charge < -0.3 is 0 Å². The Kier molecular flexibility index (Phi) is 7.58. The van der Waals surface area contributed by atoms with Crippen molar-refractivity contribution in [3.63, 3.8) is 0 Å². The molecule has 2 aromatic rings. The van der Waals surface area contributed by atoms with Gasteiger partial charge in [-0.25, -0.2) is 13.8 Å². The Morgan fingerprint density at radius 1 is 1.03 bits per heavy atom. The average molecular weight is 544 g/mol. The van der Waals surface area contributed by atoms with Crippen LogP contribution in [0.15, 0.2) is 67.5 Å². The number of hydrazone groups is 1. The average Bonchev–Trinajstić information content (AvgIpc) is 2.70. The molecule has 10 heteroatoms. The number of halogens is 2. The lowest BCUT2D eigenvalue weighted by molar-refractivity contribution is -0.122. The van der Waals surface area contributed by atoms with Crippen LogP contribution < -0.4 is 5.43 Å². The summed E-state index contributed by atoms with van der Waals surface area (Å²) in [6.45, 7) is 1.81. The first-order chi connectivity index (χ1) is 13.9. The summed E-state index contributed by atoms with van der Waals surface area (Å²) in [6, 6.07) is 14.1. The van der Waals surface area contributed by atoms with E-state index in [0.717, 1.165) is 14.5 Å². The van der Waals surface area contributed by atoms with Gasteiger partial charge in [0.2, 0.25) is 10.0 Å². The molecule has 154 valence electrons. The van der Waals surface area contributed by atoms with Crippen molar-refractivity contribution in [1.29, 1.82) is 0 Å². The van der Waals surface area contributed by atoms with Crippen LogP contribution in [-0.4, -0.2) is 62.5 Å². The molecule has 1 saturated heterocycles. The lowest BCUT2D eigenvalue weighted by Crippen LogP contribution is -2.50. The highest BCUT2D eigenvalue weighted by molar-refractivity contribution is 9.10. The molecule has 2 aromatic carbocycles. The fraction of sp³-hybridized carbons (Fsp3) is 0.263. The van der Waals surface area contributed by atoms with Gasteiger partial charge in [-0.1, -0.05) is 50.1 Å². The first kappa shape index (κ1) is 22.1. The molecular weight excluding hydrogens is 524 g/mol. The first-order valence-electron chi connectivity index (χ1n) is 8.91. The van der Waals surface area contributed by atoms with Gasteiger partial charge in [0.05, 0.1) is 17.7 Å². The monoisotopic (exact) mass is 542 g/mol. The summed E-state index contributed by atoms with van der Waals surface area (Å²) in [5.74, 6) is -0.238. The molecule has 0 spiro atoms. The summed E-state index contributed by atoms with van der Waals surface area (Å²) >= 11 is 6.73. The Labute approximate surface area is 187 Å². The molecule has 0 bridgehead atoms. The number of hydrogen-bond acceptors (Lipinski definition) is 5. The second kappa shape index (κ2) is 9.94. The number of nitrogens with one attached hydrogen (secondary N) is 1. The van der Waals surface area contributed by atoms with Gasteiger partial charge in [-0.3, -0.25) is 9.69 Å². The minimum absolute atomic E-state index is 0.166. The van der Waals surface area contributed by atoms with Gasteiger partial charge >= 0.3 is 0 Å². The first-order valence-corrected chi connectivity index (χ1v) is 11.9. The van der Waals surface area contributed by atoms with E-state index in [2.05, 4.69) is 42.4 Å². The van der Waals surface area contributed by atoms with Crippen LogP contribution in [0, 0.1) is 0 Å². The van der Waals surface area contributed by atoms with Crippen molar-refractivity contribution in [2.45, 2.75) is 4.90 Å². The molecule has 0 saturated carbocycles. The number of nitrogens with zero attached hydrogens (tertiary/aromatic N) is 3. The number of rotatable bonds is 6. The van der Waals surface area contributed by atoms with Crippen LogP contribution >= 0.6 is 31.9 Å². The van der Waals surface area contributed by atoms with E-state index in [0.29, 0.717) is 26.2 Å². The maximum Gasteiger partial charge on any atom is 0.254 e. The molecular formula is C19H20Br2N4O3S. The fourth-order valence-corrected chi connectivity index (χ4v) is 4.95. The zero-order chi connectivity index (χ0) is 20.9. The van der Waals surface area contributed by atoms with Gasteiger partial charge in [0, 0.05) is 40.7 Å². The second-order valence-electron chi connectivity index (χ2n) is 6.45. The van der Waals surface area contributed by atoms with Crippen molar-refractivity contribution < 1.29 is 13.2 Å². The summed E-state index contributed by atoms with van der Waals surface area (Å²) in [4.78, 5) is 14.3. The standard InChI is InChI=1S/C19H20Br2N4O3S/c20-16-5-7-17(8-6-16)29(27,28)25-11-9-24(10-12-25)14-19(26)23-22-13-15-3-1-2-4-18(15)21/h1-8,13H,9-12,14H2,(H,23,26). The van der Waals surface area contributed by atoms with Gasteiger partial charge in [-0.15, -0.1) is 0 Å². The highest BCUT2D eigenvalue weighted by Gasteiger charge is 2.28. The largest absolute Gasteiger partial charge is 0.292 e. The zero-order valence-electron chi connectivity index (χ0n) is 15.5. The summed E-state index contributed by atoms with van der Waals surface area (Å²) in [6.07, 6.45) is 1.57. The van der Waals surface area contributed by atoms with Crippen molar-refractivity contribution in [3.8, 4) is 0 Å². The van der Waals surface area contributed by atoms with Crippen LogP contribution in [0.1, 0.15) is 5.56 Å². The van der Waals surface area contributed by atoms with Crippen molar-refractivity contribution >= 4 is 54.0 Å². The van der Waals surface area contributed by atoms with Gasteiger partial charge in [-0.2, -0.15) is 9.41 Å². The van der Waals surface area contributed by atoms with Crippen LogP contribution in [0.2, 0.25) is 0 Å². The Balaban J connectivity index is 1.48.